The Hall–Kier alpha value is -1.13. The summed E-state index contributed by atoms with van der Waals surface area (Å²) in [6.07, 6.45) is 4.29. The number of benzene rings is 1. The highest BCUT2D eigenvalue weighted by atomic mass is 127. The first kappa shape index (κ1) is 26.9. The van der Waals surface area contributed by atoms with Gasteiger partial charge in [-0.25, -0.2) is 9.38 Å². The molecule has 0 atom stereocenters. The van der Waals surface area contributed by atoms with Crippen molar-refractivity contribution < 1.29 is 14.2 Å². The maximum absolute atomic E-state index is 14.6. The van der Waals surface area contributed by atoms with Gasteiger partial charge in [0, 0.05) is 39.4 Å². The van der Waals surface area contributed by atoms with Gasteiger partial charge in [-0.05, 0) is 50.3 Å². The predicted molar refractivity (Wildman–Crippen MR) is 132 cm³/mol. The van der Waals surface area contributed by atoms with Crippen LogP contribution >= 0.6 is 24.0 Å². The summed E-state index contributed by atoms with van der Waals surface area (Å²) >= 11 is 0. The number of guanidine groups is 1. The Kier molecular flexibility index (Phi) is 14.0. The fraction of sp³-hybridized carbons (Fsp3) is 0.682. The summed E-state index contributed by atoms with van der Waals surface area (Å²) in [7, 11) is 0. The number of aliphatic hydroxyl groups is 1. The van der Waals surface area contributed by atoms with Crippen LogP contribution in [0.3, 0.4) is 0 Å². The van der Waals surface area contributed by atoms with Crippen LogP contribution in [0.4, 0.5) is 10.1 Å². The quantitative estimate of drug-likeness (QED) is 0.174. The van der Waals surface area contributed by atoms with Gasteiger partial charge in [0.15, 0.2) is 5.96 Å². The normalized spacial score (nSPS) is 15.1. The molecule has 0 unspecified atom stereocenters. The van der Waals surface area contributed by atoms with Crippen molar-refractivity contribution in [3.8, 4) is 0 Å². The molecule has 1 aromatic rings. The molecule has 6 nitrogen and oxygen atoms in total. The van der Waals surface area contributed by atoms with Crippen molar-refractivity contribution >= 4 is 35.6 Å². The van der Waals surface area contributed by atoms with Crippen molar-refractivity contribution in [1.82, 2.24) is 10.6 Å². The van der Waals surface area contributed by atoms with Gasteiger partial charge in [-0.15, -0.1) is 24.0 Å². The van der Waals surface area contributed by atoms with Crippen LogP contribution in [0.1, 0.15) is 51.5 Å². The highest BCUT2D eigenvalue weighted by Gasteiger charge is 2.19. The third-order valence-corrected chi connectivity index (χ3v) is 4.98. The number of aliphatic hydroxyl groups excluding tert-OH is 1. The van der Waals surface area contributed by atoms with Crippen LogP contribution < -0.4 is 15.5 Å². The minimum absolute atomic E-state index is 0. The Balaban J connectivity index is 0.00000450. The summed E-state index contributed by atoms with van der Waals surface area (Å²) in [5.41, 5.74) is 1.45. The van der Waals surface area contributed by atoms with Crippen molar-refractivity contribution in [1.29, 1.82) is 0 Å². The minimum Gasteiger partial charge on any atom is -0.393 e. The summed E-state index contributed by atoms with van der Waals surface area (Å²) in [5.74, 6) is 0.506. The Labute approximate surface area is 197 Å². The molecule has 0 bridgehead atoms. The van der Waals surface area contributed by atoms with Crippen LogP contribution in [-0.4, -0.2) is 56.6 Å². The summed E-state index contributed by atoms with van der Waals surface area (Å²) < 4.78 is 20.1. The zero-order valence-electron chi connectivity index (χ0n) is 18.3. The lowest BCUT2D eigenvalue weighted by Gasteiger charge is -2.31. The van der Waals surface area contributed by atoms with Gasteiger partial charge in [0.25, 0.3) is 0 Å². The van der Waals surface area contributed by atoms with Crippen molar-refractivity contribution in [2.45, 2.75) is 58.6 Å². The fourth-order valence-corrected chi connectivity index (χ4v) is 3.25. The number of nitrogens with one attached hydrogen (secondary N) is 2. The van der Waals surface area contributed by atoms with E-state index in [1.807, 2.05) is 24.0 Å². The monoisotopic (exact) mass is 536 g/mol. The molecule has 0 radical (unpaired) electrons. The molecule has 172 valence electrons. The van der Waals surface area contributed by atoms with Gasteiger partial charge in [-0.2, -0.15) is 0 Å². The molecule has 1 aliphatic heterocycles. The van der Waals surface area contributed by atoms with Crippen molar-refractivity contribution in [3.63, 3.8) is 0 Å². The molecule has 1 aromatic carbocycles. The SMILES string of the molecule is CCCCOCCCNC(=NCc1ccc(N2CCC(O)CC2)c(F)c1)NCC.I. The molecule has 8 heteroatoms. The van der Waals surface area contributed by atoms with Gasteiger partial charge in [-0.3, -0.25) is 0 Å². The van der Waals surface area contributed by atoms with Crippen LogP contribution in [0.15, 0.2) is 23.2 Å². The first-order valence-electron chi connectivity index (χ1n) is 10.9. The molecule has 30 heavy (non-hydrogen) atoms. The maximum atomic E-state index is 14.6. The second-order valence-electron chi connectivity index (χ2n) is 7.45. The van der Waals surface area contributed by atoms with Crippen LogP contribution in [0, 0.1) is 5.82 Å². The number of hydrogen-bond donors (Lipinski definition) is 3. The Morgan fingerprint density at radius 2 is 1.93 bits per heavy atom. The Bertz CT molecular complexity index is 625. The largest absolute Gasteiger partial charge is 0.393 e. The molecule has 1 saturated heterocycles. The average molecular weight is 536 g/mol. The number of anilines is 1. The maximum Gasteiger partial charge on any atom is 0.191 e. The summed E-state index contributed by atoms with van der Waals surface area (Å²) in [5, 5.41) is 16.1. The number of piperidine rings is 1. The van der Waals surface area contributed by atoms with E-state index in [9.17, 15) is 9.50 Å². The second kappa shape index (κ2) is 15.6. The zero-order chi connectivity index (χ0) is 20.9. The molecule has 1 aliphatic rings. The van der Waals surface area contributed by atoms with Crippen molar-refractivity contribution in [3.05, 3.63) is 29.6 Å². The van der Waals surface area contributed by atoms with Gasteiger partial charge < -0.3 is 25.4 Å². The fourth-order valence-electron chi connectivity index (χ4n) is 3.25. The van der Waals surface area contributed by atoms with Gasteiger partial charge >= 0.3 is 0 Å². The van der Waals surface area contributed by atoms with E-state index in [0.29, 0.717) is 38.2 Å². The van der Waals surface area contributed by atoms with Crippen LogP contribution in [-0.2, 0) is 11.3 Å². The van der Waals surface area contributed by atoms with Crippen molar-refractivity contribution in [2.24, 2.45) is 4.99 Å². The van der Waals surface area contributed by atoms with E-state index >= 15 is 0 Å². The van der Waals surface area contributed by atoms with E-state index in [1.54, 1.807) is 6.07 Å². The molecule has 1 fully saturated rings. The highest BCUT2D eigenvalue weighted by molar-refractivity contribution is 14.0. The third kappa shape index (κ3) is 9.78. The molecular formula is C22H38FIN4O2. The van der Waals surface area contributed by atoms with Crippen LogP contribution in [0.2, 0.25) is 0 Å². The minimum atomic E-state index is -0.261. The highest BCUT2D eigenvalue weighted by Crippen LogP contribution is 2.24. The lowest BCUT2D eigenvalue weighted by molar-refractivity contribution is 0.129. The van der Waals surface area contributed by atoms with Gasteiger partial charge in [-0.1, -0.05) is 19.4 Å². The number of hydrogen-bond acceptors (Lipinski definition) is 4. The topological polar surface area (TPSA) is 69.1 Å². The molecule has 0 aromatic heterocycles. The Morgan fingerprint density at radius 1 is 1.20 bits per heavy atom. The molecule has 0 spiro atoms. The zero-order valence-corrected chi connectivity index (χ0v) is 20.7. The van der Waals surface area contributed by atoms with Crippen molar-refractivity contribution in [2.75, 3.05) is 44.3 Å². The number of nitrogens with zero attached hydrogens (tertiary/aromatic N) is 2. The van der Waals surface area contributed by atoms with E-state index in [2.05, 4.69) is 22.5 Å². The molecule has 0 saturated carbocycles. The van der Waals surface area contributed by atoms with E-state index in [4.69, 9.17) is 4.74 Å². The molecule has 2 rings (SSSR count). The predicted octanol–water partition coefficient (Wildman–Crippen LogP) is 3.67. The van der Waals surface area contributed by atoms with E-state index in [1.165, 1.54) is 0 Å². The van der Waals surface area contributed by atoms with Crippen LogP contribution in [0.5, 0.6) is 0 Å². The lowest BCUT2D eigenvalue weighted by atomic mass is 10.1. The first-order valence-corrected chi connectivity index (χ1v) is 10.9. The molecule has 0 aliphatic carbocycles. The number of aliphatic imine (C=N–C) groups is 1. The molecule has 1 heterocycles. The second-order valence-corrected chi connectivity index (χ2v) is 7.45. The van der Waals surface area contributed by atoms with E-state index in [-0.39, 0.29) is 35.9 Å². The summed E-state index contributed by atoms with van der Waals surface area (Å²) in [4.78, 5) is 6.57. The van der Waals surface area contributed by atoms with E-state index in [0.717, 1.165) is 57.1 Å². The van der Waals surface area contributed by atoms with Gasteiger partial charge in [0.05, 0.1) is 18.3 Å². The molecule has 0 amide bonds. The smallest absolute Gasteiger partial charge is 0.191 e. The third-order valence-electron chi connectivity index (χ3n) is 4.98. The molecule has 3 N–H and O–H groups in total. The summed E-state index contributed by atoms with van der Waals surface area (Å²) in [6, 6.07) is 5.32. The number of unbranched alkanes of at least 4 members (excludes halogenated alkanes) is 1. The standard InChI is InChI=1S/C22H37FN4O2.HI/c1-3-5-14-29-15-6-11-25-22(24-4-2)26-17-18-7-8-21(20(23)16-18)27-12-9-19(28)10-13-27;/h7-8,16,19,28H,3-6,9-15,17H2,1-2H3,(H2,24,25,26);1H. The Morgan fingerprint density at radius 3 is 2.60 bits per heavy atom. The number of ether oxygens (including phenoxy) is 1. The average Bonchev–Trinajstić information content (AvgIpc) is 2.72. The first-order chi connectivity index (χ1) is 14.1. The van der Waals surface area contributed by atoms with E-state index < -0.39 is 0 Å². The molecular weight excluding hydrogens is 498 g/mol. The van der Waals surface area contributed by atoms with Gasteiger partial charge in [0.1, 0.15) is 5.82 Å². The number of halogens is 2. The van der Waals surface area contributed by atoms with Crippen LogP contribution in [0.25, 0.3) is 0 Å². The van der Waals surface area contributed by atoms with Gasteiger partial charge in [0.2, 0.25) is 0 Å². The lowest BCUT2D eigenvalue weighted by Crippen LogP contribution is -2.38. The summed E-state index contributed by atoms with van der Waals surface area (Å²) in [6.45, 7) is 9.09. The number of rotatable bonds is 11.